The molecule has 6 aromatic heterocycles. The Morgan fingerprint density at radius 3 is 1.37 bits per heavy atom. The zero-order valence-electron chi connectivity index (χ0n) is 65.2. The molecular weight excluding hydrogens is 1460 g/mol. The van der Waals surface area contributed by atoms with Crippen LogP contribution in [0.25, 0.3) is 65.2 Å². The minimum atomic E-state index is 0.0752. The van der Waals surface area contributed by atoms with E-state index in [-0.39, 0.29) is 23.0 Å². The number of azo groups is 4. The van der Waals surface area contributed by atoms with E-state index in [1.165, 1.54) is 0 Å². The van der Waals surface area contributed by atoms with Gasteiger partial charge in [0.1, 0.15) is 81.2 Å². The maximum absolute atomic E-state index is 10.8. The van der Waals surface area contributed by atoms with Gasteiger partial charge < -0.3 is 37.2 Å². The van der Waals surface area contributed by atoms with Gasteiger partial charge in [-0.15, -0.1) is 0 Å². The number of fused-ring (bicyclic) bond motifs is 6. The first-order chi connectivity index (χ1) is 56.5. The summed E-state index contributed by atoms with van der Waals surface area (Å²) in [5.41, 5.74) is 23.1. The van der Waals surface area contributed by atoms with E-state index in [0.29, 0.717) is 46.0 Å². The van der Waals surface area contributed by atoms with Crippen LogP contribution in [-0.4, -0.2) is 47.8 Å². The normalized spacial score (nSPS) is 12.0. The molecule has 11 aromatic carbocycles. The summed E-state index contributed by atoms with van der Waals surface area (Å²) in [5, 5.41) is 89.0. The van der Waals surface area contributed by atoms with Gasteiger partial charge in [-0.2, -0.15) is 0 Å². The summed E-state index contributed by atoms with van der Waals surface area (Å²) in [6.07, 6.45) is 24.3. The molecule has 0 aliphatic heterocycles. The zero-order valence-corrected chi connectivity index (χ0v) is 65.2. The number of hydrogen-bond acceptors (Lipinski definition) is 15. The van der Waals surface area contributed by atoms with Gasteiger partial charge in [0.05, 0.1) is 105 Å². The molecule has 0 saturated heterocycles. The van der Waals surface area contributed by atoms with Gasteiger partial charge in [0, 0.05) is 101 Å². The third-order valence-corrected chi connectivity index (χ3v) is 21.1. The second-order valence-electron chi connectivity index (χ2n) is 29.1. The standard InChI is InChI=1S/C45H42N12O2.C44H43N11O2/c1-52-40-9-3-5-11-42(40)56(44(52)50-48-38-19-17-36(46)34-27-30(58)13-15-32(34)38)23-7-21-54-25-26-55(29-54)22-8-24-57-43-12-6-4-10-41(43)53(2)45(57)51-49-39-20-18-37(47)35-28-31(59)14-16-33(35)39;1-32-11-12-33-14-17-39(56)41(37(33)29-32)46-48-43-50(2)23-27-54(43)21-7-19-52-25-26-53(31-52)20-8-22-55-28-24-51(3)44(55)49-47-42-38-30-36(45-35-9-5-4-6-10-35)16-13-34(38)15-18-40(42)57/h3-6,9-20,25-29,46-47H,7-8,21-24H2,1-2H3,(H-,48,49,58,59);4-6,9-18,23-31H,7-8,19-22H2,1-3H3/p+6. The molecule has 0 saturated carbocycles. The first-order valence-electron chi connectivity index (χ1n) is 38.7. The Hall–Kier alpha value is -14.8. The number of benzene rings is 11. The number of para-hydroxylation sites is 5. The van der Waals surface area contributed by atoms with Crippen LogP contribution in [0, 0.1) is 6.92 Å². The van der Waals surface area contributed by atoms with Crippen LogP contribution in [0.15, 0.2) is 303 Å². The Bertz CT molecular complexity index is 6430. The lowest BCUT2D eigenvalue weighted by atomic mass is 10.1. The van der Waals surface area contributed by atoms with Gasteiger partial charge >= 0.3 is 23.8 Å². The molecule has 0 aliphatic carbocycles. The van der Waals surface area contributed by atoms with Crippen LogP contribution in [0.4, 0.5) is 69.3 Å². The lowest BCUT2D eigenvalue weighted by molar-refractivity contribution is -0.697. The number of aryl methyl sites for hydroxylation is 13. The van der Waals surface area contributed by atoms with Crippen molar-refractivity contribution in [2.75, 3.05) is 16.8 Å². The summed E-state index contributed by atoms with van der Waals surface area (Å²) < 4.78 is 25.5. The summed E-state index contributed by atoms with van der Waals surface area (Å²) in [4.78, 5) is 0. The molecule has 27 nitrogen and oxygen atoms in total. The zero-order chi connectivity index (χ0) is 79.9. The van der Waals surface area contributed by atoms with Crippen molar-refractivity contribution in [1.29, 1.82) is 0 Å². The van der Waals surface area contributed by atoms with Crippen LogP contribution >= 0.6 is 0 Å². The number of imidazole rings is 6. The predicted octanol–water partition coefficient (Wildman–Crippen LogP) is 17.0. The van der Waals surface area contributed by atoms with E-state index in [9.17, 15) is 20.4 Å². The summed E-state index contributed by atoms with van der Waals surface area (Å²) in [6.45, 7) is 8.36. The van der Waals surface area contributed by atoms with E-state index in [1.54, 1.807) is 48.5 Å². The van der Waals surface area contributed by atoms with Gasteiger partial charge in [-0.3, -0.25) is 0 Å². The molecule has 9 N–H and O–H groups in total. The number of phenolic OH excluding ortho intramolecular Hbond substituents is 4. The monoisotopic (exact) mass is 1550 g/mol. The summed E-state index contributed by atoms with van der Waals surface area (Å²) in [7, 11) is 7.92. The Morgan fingerprint density at radius 1 is 0.371 bits per heavy atom. The summed E-state index contributed by atoms with van der Waals surface area (Å²) in [5.74, 6) is 3.37. The Balaban J connectivity index is 0.000000174. The van der Waals surface area contributed by atoms with Crippen molar-refractivity contribution < 1.29 is 47.8 Å². The Kier molecular flexibility index (Phi) is 21.6. The lowest BCUT2D eigenvalue weighted by Gasteiger charge is -2.09. The number of nitrogens with zero attached hydrogens (tertiary/aromatic N) is 20. The van der Waals surface area contributed by atoms with Gasteiger partial charge in [0.2, 0.25) is 12.7 Å². The number of hydrogen-bond donors (Lipinski definition) is 7. The number of aromatic nitrogens is 12. The number of nitrogens with two attached hydrogens (primary N) is 2. The van der Waals surface area contributed by atoms with Gasteiger partial charge in [0.15, 0.2) is 11.4 Å². The molecule has 6 heterocycles. The quantitative estimate of drug-likeness (QED) is 0.0156. The molecule has 0 atom stereocenters. The van der Waals surface area contributed by atoms with E-state index >= 15 is 0 Å². The second kappa shape index (κ2) is 33.3. The fraction of sp³-hybridized carbons (Fsp3) is 0.191. The number of aromatic hydroxyl groups is 4. The molecule has 0 radical (unpaired) electrons. The van der Waals surface area contributed by atoms with Crippen LogP contribution in [0.1, 0.15) is 31.2 Å². The lowest BCUT2D eigenvalue weighted by Crippen LogP contribution is -2.32. The van der Waals surface area contributed by atoms with Crippen molar-refractivity contribution in [2.24, 2.45) is 69.1 Å². The minimum Gasteiger partial charge on any atom is -0.508 e. The fourth-order valence-electron chi connectivity index (χ4n) is 15.1. The highest BCUT2D eigenvalue weighted by Gasteiger charge is 2.27. The Morgan fingerprint density at radius 2 is 0.828 bits per heavy atom. The first-order valence-corrected chi connectivity index (χ1v) is 38.7. The smallest absolute Gasteiger partial charge is 0.422 e. The SMILES string of the molecule is C[n+]1c(N=Nc2ccc(N)c3cc(O)ccc23)n(CCCn2cc[n+](CCCn3c(N=Nc4ccc(N)c5cc(O)ccc45)[n+](C)c4ccccc43)c2)c2ccccc21.Cc1ccc2ccc(O)c(N=Nc3n(CCCn4cc[n+](CCCn5cc[n+](C)c5N=Nc5c(O)ccc6ccc(Nc7ccccc7)cc56)c4)cc[n+]3C)c2c1. The molecule has 17 aromatic rings. The van der Waals surface area contributed by atoms with Gasteiger partial charge in [-0.05, 0) is 145 Å². The average Bonchev–Trinajstić information content (AvgIpc) is 1.62. The van der Waals surface area contributed by atoms with E-state index in [1.807, 2.05) is 196 Å². The molecule has 0 unspecified atom stereocenters. The predicted molar refractivity (Wildman–Crippen MR) is 448 cm³/mol. The summed E-state index contributed by atoms with van der Waals surface area (Å²) >= 11 is 0. The first kappa shape index (κ1) is 75.3. The third kappa shape index (κ3) is 16.2. The van der Waals surface area contributed by atoms with Gasteiger partial charge in [0.25, 0.3) is 0 Å². The van der Waals surface area contributed by atoms with Crippen LogP contribution < -0.4 is 44.2 Å². The van der Waals surface area contributed by atoms with Crippen LogP contribution in [0.5, 0.6) is 23.0 Å². The molecule has 0 spiro atoms. The van der Waals surface area contributed by atoms with Gasteiger partial charge in [-0.1, -0.05) is 98.8 Å². The number of nitrogen functional groups attached to an aromatic ring is 2. The number of phenols is 4. The van der Waals surface area contributed by atoms with Crippen molar-refractivity contribution in [3.8, 4) is 23.0 Å². The van der Waals surface area contributed by atoms with Crippen molar-refractivity contribution in [3.05, 3.63) is 268 Å². The summed E-state index contributed by atoms with van der Waals surface area (Å²) in [6, 6.07) is 63.3. The Labute approximate surface area is 668 Å². The average molecular weight is 1550 g/mol. The van der Waals surface area contributed by atoms with Crippen molar-refractivity contribution in [1.82, 2.24) is 27.4 Å². The largest absolute Gasteiger partial charge is 0.508 e. The number of anilines is 4. The fourth-order valence-corrected chi connectivity index (χ4v) is 15.1. The molecular formula is C89H91N23O4+6. The minimum absolute atomic E-state index is 0.0752. The molecule has 116 heavy (non-hydrogen) atoms. The number of rotatable bonds is 26. The van der Waals surface area contributed by atoms with E-state index in [4.69, 9.17) is 21.7 Å². The van der Waals surface area contributed by atoms with Gasteiger partial charge in [-0.25, -0.2) is 54.8 Å². The highest BCUT2D eigenvalue weighted by molar-refractivity contribution is 6.02. The molecule has 17 rings (SSSR count). The van der Waals surface area contributed by atoms with E-state index < -0.39 is 0 Å². The maximum Gasteiger partial charge on any atom is 0.422 e. The van der Waals surface area contributed by atoms with Crippen molar-refractivity contribution in [2.45, 2.75) is 85.0 Å². The number of nitrogens with one attached hydrogen (secondary N) is 1. The van der Waals surface area contributed by atoms with Crippen molar-refractivity contribution >= 4 is 134 Å². The molecule has 0 amide bonds. The van der Waals surface area contributed by atoms with Crippen LogP contribution in [0.3, 0.4) is 0 Å². The molecule has 0 fully saturated rings. The molecule has 27 heteroatoms. The third-order valence-electron chi connectivity index (χ3n) is 21.1. The molecule has 0 bridgehead atoms. The van der Waals surface area contributed by atoms with Crippen molar-refractivity contribution in [3.63, 3.8) is 0 Å². The van der Waals surface area contributed by atoms with E-state index in [2.05, 4.69) is 143 Å². The van der Waals surface area contributed by atoms with Crippen LogP contribution in [0.2, 0.25) is 0 Å². The van der Waals surface area contributed by atoms with Crippen LogP contribution in [-0.2, 0) is 80.5 Å². The topological polar surface area (TPSA) is 297 Å². The molecule has 0 aliphatic rings. The second-order valence-corrected chi connectivity index (χ2v) is 29.1. The molecule has 580 valence electrons. The highest BCUT2D eigenvalue weighted by atomic mass is 16.3. The van der Waals surface area contributed by atoms with E-state index in [0.717, 1.165) is 172 Å². The maximum atomic E-state index is 10.8. The highest BCUT2D eigenvalue weighted by Crippen LogP contribution is 2.41.